The molecule has 65 heavy (non-hydrogen) atoms. The Morgan fingerprint density at radius 2 is 1.66 bits per heavy atom. The average Bonchev–Trinajstić information content (AvgIpc) is 3.90. The maximum absolute atomic E-state index is 13.9. The van der Waals surface area contributed by atoms with Gasteiger partial charge in [0, 0.05) is 59.8 Å². The highest BCUT2D eigenvalue weighted by molar-refractivity contribution is 7.22. The van der Waals surface area contributed by atoms with Crippen LogP contribution in [0.1, 0.15) is 126 Å². The van der Waals surface area contributed by atoms with Gasteiger partial charge in [0.2, 0.25) is 0 Å². The molecule has 342 valence electrons. The third-order valence-corrected chi connectivity index (χ3v) is 14.8. The maximum Gasteiger partial charge on any atom is 0.410 e. The highest BCUT2D eigenvalue weighted by Gasteiger charge is 2.66. The number of thiazole rings is 1. The number of aromatic amines is 1. The number of nitrogens with one attached hydrogen (secondary N) is 2. The quantitative estimate of drug-likeness (QED) is 0.115. The van der Waals surface area contributed by atoms with Gasteiger partial charge in [-0.3, -0.25) is 14.8 Å². The molecule has 3 N–H and O–H groups in total. The minimum Gasteiger partial charge on any atom is -0.476 e. The lowest BCUT2D eigenvalue weighted by Gasteiger charge is -2.69. The second kappa shape index (κ2) is 15.5. The number of carboxylic acid groups (broad SMARTS) is 1. The lowest BCUT2D eigenvalue weighted by Crippen LogP contribution is -2.64. The number of H-pyrrole nitrogens is 1. The Bertz CT molecular complexity index is 2830. The Kier molecular flexibility index (Phi) is 10.6. The molecule has 2 amide bonds. The first kappa shape index (κ1) is 44.6. The van der Waals surface area contributed by atoms with E-state index in [1.54, 1.807) is 30.4 Å². The zero-order valence-electron chi connectivity index (χ0n) is 39.3. The lowest BCUT2D eigenvalue weighted by molar-refractivity contribution is -0.248. The maximum atomic E-state index is 13.9. The number of aromatic nitrogens is 5. The molecule has 4 fully saturated rings. The van der Waals surface area contributed by atoms with E-state index < -0.39 is 17.0 Å². The van der Waals surface area contributed by atoms with Crippen LogP contribution in [0.15, 0.2) is 60.9 Å². The molecule has 2 atom stereocenters. The number of pyridine rings is 1. The molecule has 0 aliphatic heterocycles. The third kappa shape index (κ3) is 8.44. The first-order chi connectivity index (χ1) is 30.5. The number of likely N-dealkylation sites (N-methyl/N-ethyl adjacent to an activating group) is 1. The van der Waals surface area contributed by atoms with Crippen molar-refractivity contribution in [2.45, 2.75) is 124 Å². The predicted octanol–water partition coefficient (Wildman–Crippen LogP) is 11.3. The molecule has 4 aromatic heterocycles. The molecule has 10 rings (SSSR count). The van der Waals surface area contributed by atoms with Gasteiger partial charge >= 0.3 is 12.1 Å². The second-order valence-corrected chi connectivity index (χ2v) is 23.2. The highest BCUT2D eigenvalue weighted by Crippen LogP contribution is 2.72. The summed E-state index contributed by atoms with van der Waals surface area (Å²) in [7, 11) is 1.76. The van der Waals surface area contributed by atoms with E-state index >= 15 is 0 Å². The summed E-state index contributed by atoms with van der Waals surface area (Å²) >= 11 is 1.42. The molecule has 13 nitrogen and oxygen atoms in total. The van der Waals surface area contributed by atoms with Gasteiger partial charge < -0.3 is 24.5 Å². The van der Waals surface area contributed by atoms with Crippen molar-refractivity contribution < 1.29 is 29.0 Å². The number of carbonyl (C=O) groups is 3. The summed E-state index contributed by atoms with van der Waals surface area (Å²) in [5.74, 6) is -1.44. The first-order valence-corrected chi connectivity index (χ1v) is 23.4. The molecule has 14 heteroatoms. The number of hydrogen-bond acceptors (Lipinski definition) is 9. The highest BCUT2D eigenvalue weighted by atomic mass is 32.1. The van der Waals surface area contributed by atoms with Gasteiger partial charge in [-0.05, 0) is 118 Å². The fourth-order valence-corrected chi connectivity index (χ4v) is 13.4. The Morgan fingerprint density at radius 1 is 0.938 bits per heavy atom. The monoisotopic (exact) mass is 899 g/mol. The van der Waals surface area contributed by atoms with E-state index in [0.29, 0.717) is 58.3 Å². The van der Waals surface area contributed by atoms with Crippen LogP contribution in [-0.4, -0.2) is 84.1 Å². The number of para-hydroxylation sites is 2. The topological polar surface area (TPSA) is 165 Å². The van der Waals surface area contributed by atoms with Crippen molar-refractivity contribution in [3.63, 3.8) is 0 Å². The van der Waals surface area contributed by atoms with Crippen LogP contribution in [-0.2, 0) is 21.4 Å². The van der Waals surface area contributed by atoms with Crippen LogP contribution in [0.2, 0.25) is 0 Å². The molecule has 2 unspecified atom stereocenters. The first-order valence-electron chi connectivity index (χ1n) is 22.6. The van der Waals surface area contributed by atoms with Gasteiger partial charge in [0.05, 0.1) is 39.7 Å². The number of rotatable bonds is 11. The summed E-state index contributed by atoms with van der Waals surface area (Å²) in [5, 5.41) is 20.2. The van der Waals surface area contributed by atoms with Crippen molar-refractivity contribution in [3.05, 3.63) is 83.4 Å². The van der Waals surface area contributed by atoms with E-state index in [9.17, 15) is 19.5 Å². The van der Waals surface area contributed by atoms with Gasteiger partial charge in [0.15, 0.2) is 10.8 Å². The molecule has 0 radical (unpaired) electrons. The van der Waals surface area contributed by atoms with Crippen molar-refractivity contribution in [1.29, 1.82) is 0 Å². The van der Waals surface area contributed by atoms with Crippen molar-refractivity contribution in [3.8, 4) is 22.4 Å². The molecule has 0 spiro atoms. The second-order valence-electron chi connectivity index (χ2n) is 22.1. The van der Waals surface area contributed by atoms with Gasteiger partial charge in [0.1, 0.15) is 5.60 Å². The summed E-state index contributed by atoms with van der Waals surface area (Å²) in [6.45, 7) is 20.3. The molecular formula is C51H61N7O6S. The number of anilines is 1. The van der Waals surface area contributed by atoms with Crippen LogP contribution in [0.25, 0.3) is 43.5 Å². The Balaban J connectivity index is 1.06. The van der Waals surface area contributed by atoms with Crippen LogP contribution in [0, 0.1) is 23.2 Å². The van der Waals surface area contributed by atoms with Crippen molar-refractivity contribution in [1.82, 2.24) is 29.6 Å². The standard InChI is InChI=1S/C51H61N7O6S/c1-30-33(21-53-58(30)29-50-24-48(8)23-49(9,25-50)27-51(26-48,28-50)63-19-18-57(10)45(62)64-47(5,6)7)38-39(34(46(2,3)4)22-52-41(38)43(60)61)36-20-31-14-13-15-32(40(31)54-36)42(59)56-44-55-35-16-11-12-17-37(35)65-44/h11-17,20-22,54H,18-19,23-29H2,1-10H3,(H,60,61)(H,55,56,59). The summed E-state index contributed by atoms with van der Waals surface area (Å²) < 4.78 is 15.6. The van der Waals surface area contributed by atoms with Gasteiger partial charge in [-0.1, -0.05) is 70.2 Å². The van der Waals surface area contributed by atoms with Crippen LogP contribution in [0.3, 0.4) is 0 Å². The van der Waals surface area contributed by atoms with E-state index in [2.05, 4.69) is 59.6 Å². The zero-order chi connectivity index (χ0) is 46.5. The van der Waals surface area contributed by atoms with Gasteiger partial charge in [-0.2, -0.15) is 5.10 Å². The van der Waals surface area contributed by atoms with E-state index in [1.807, 2.05) is 70.2 Å². The predicted molar refractivity (Wildman–Crippen MR) is 255 cm³/mol. The summed E-state index contributed by atoms with van der Waals surface area (Å²) in [4.78, 5) is 54.4. The fraction of sp³-hybridized carbons (Fsp3) is 0.490. The van der Waals surface area contributed by atoms with Crippen LogP contribution in [0.4, 0.5) is 9.93 Å². The number of benzene rings is 2. The Hall–Kier alpha value is -5.60. The number of amides is 2. The van der Waals surface area contributed by atoms with Gasteiger partial charge in [-0.15, -0.1) is 0 Å². The van der Waals surface area contributed by atoms with Crippen molar-refractivity contribution in [2.24, 2.45) is 16.2 Å². The normalized spacial score (nSPS) is 23.9. The van der Waals surface area contributed by atoms with Gasteiger partial charge in [-0.25, -0.2) is 19.6 Å². The van der Waals surface area contributed by atoms with Crippen LogP contribution >= 0.6 is 11.3 Å². The van der Waals surface area contributed by atoms with E-state index in [1.165, 1.54) is 11.3 Å². The van der Waals surface area contributed by atoms with E-state index in [0.717, 1.165) is 65.4 Å². The number of carbonyl (C=O) groups excluding carboxylic acids is 2. The lowest BCUT2D eigenvalue weighted by atomic mass is 9.39. The fourth-order valence-electron chi connectivity index (χ4n) is 12.5. The van der Waals surface area contributed by atoms with Crippen molar-refractivity contribution >= 4 is 55.6 Å². The smallest absolute Gasteiger partial charge is 0.410 e. The molecule has 4 saturated carbocycles. The number of nitrogens with zero attached hydrogens (tertiary/aromatic N) is 5. The molecule has 4 heterocycles. The number of fused-ring (bicyclic) bond motifs is 2. The molecular weight excluding hydrogens is 839 g/mol. The molecule has 4 bridgehead atoms. The summed E-state index contributed by atoms with van der Waals surface area (Å²) in [6.07, 6.45) is 9.18. The average molecular weight is 900 g/mol. The molecule has 4 aliphatic rings. The minimum atomic E-state index is -1.14. The van der Waals surface area contributed by atoms with E-state index in [4.69, 9.17) is 14.6 Å². The summed E-state index contributed by atoms with van der Waals surface area (Å²) in [6, 6.07) is 15.3. The molecule has 4 aliphatic carbocycles. The zero-order valence-corrected chi connectivity index (χ0v) is 40.1. The number of ether oxygens (including phenoxy) is 2. The minimum absolute atomic E-state index is 0.0679. The third-order valence-electron chi connectivity index (χ3n) is 13.8. The Morgan fingerprint density at radius 3 is 2.34 bits per heavy atom. The molecule has 2 aromatic carbocycles. The largest absolute Gasteiger partial charge is 0.476 e. The van der Waals surface area contributed by atoms with Crippen LogP contribution < -0.4 is 5.32 Å². The van der Waals surface area contributed by atoms with Crippen molar-refractivity contribution in [2.75, 3.05) is 25.5 Å². The SMILES string of the molecule is Cc1c(-c2c(C(=O)O)ncc(C(C)(C)C)c2-c2cc3cccc(C(=O)Nc4nc5ccccc5s4)c3[nH]2)cnn1CC12CC3(C)CC(C)(C1)CC(OCCN(C)C(=O)OC(C)(C)C)(C3)C2. The Labute approximate surface area is 384 Å². The van der Waals surface area contributed by atoms with Gasteiger partial charge in [0.25, 0.3) is 5.91 Å². The van der Waals surface area contributed by atoms with Crippen LogP contribution in [0.5, 0.6) is 0 Å². The number of carboxylic acids is 1. The van der Waals surface area contributed by atoms with E-state index in [-0.39, 0.29) is 39.5 Å². The molecule has 6 aromatic rings. The number of aromatic carboxylic acids is 1. The number of hydrogen-bond donors (Lipinski definition) is 3. The molecule has 0 saturated heterocycles. The summed E-state index contributed by atoms with van der Waals surface area (Å²) in [5.41, 5.74) is 4.81.